The van der Waals surface area contributed by atoms with Gasteiger partial charge < -0.3 is 9.64 Å². The van der Waals surface area contributed by atoms with Crippen LogP contribution in [0.4, 0.5) is 5.69 Å². The van der Waals surface area contributed by atoms with E-state index in [1.165, 1.54) is 5.56 Å². The third-order valence-corrected chi connectivity index (χ3v) is 4.83. The normalized spacial score (nSPS) is 16.4. The molecule has 5 heteroatoms. The summed E-state index contributed by atoms with van der Waals surface area (Å²) in [6.45, 7) is 3.98. The molecule has 1 heterocycles. The quantitative estimate of drug-likeness (QED) is 0.582. The summed E-state index contributed by atoms with van der Waals surface area (Å²) in [5.41, 5.74) is 3.54. The highest BCUT2D eigenvalue weighted by Gasteiger charge is 2.36. The molecule has 1 atom stereocenters. The topological polar surface area (TPSA) is 63.7 Å². The van der Waals surface area contributed by atoms with Gasteiger partial charge in [-0.25, -0.2) is 0 Å². The molecule has 0 bridgehead atoms. The second-order valence-electron chi connectivity index (χ2n) is 6.82. The van der Waals surface area contributed by atoms with E-state index in [4.69, 9.17) is 4.74 Å². The van der Waals surface area contributed by atoms with E-state index < -0.39 is 11.9 Å². The number of benzene rings is 2. The Labute approximate surface area is 158 Å². The molecule has 27 heavy (non-hydrogen) atoms. The van der Waals surface area contributed by atoms with Gasteiger partial charge in [0.2, 0.25) is 5.91 Å². The molecule has 0 saturated carbocycles. The zero-order valence-electron chi connectivity index (χ0n) is 15.6. The van der Waals surface area contributed by atoms with Crippen LogP contribution in [0.3, 0.4) is 0 Å². The lowest BCUT2D eigenvalue weighted by atomic mass is 10.1. The summed E-state index contributed by atoms with van der Waals surface area (Å²) in [4.78, 5) is 38.3. The van der Waals surface area contributed by atoms with Crippen molar-refractivity contribution >= 4 is 23.3 Å². The van der Waals surface area contributed by atoms with Gasteiger partial charge in [-0.3, -0.25) is 14.4 Å². The summed E-state index contributed by atoms with van der Waals surface area (Å²) in [6, 6.07) is 14.9. The third-order valence-electron chi connectivity index (χ3n) is 4.83. The molecule has 2 aromatic carbocycles. The summed E-state index contributed by atoms with van der Waals surface area (Å²) in [6.07, 6.45) is 1.03. The molecule has 1 aliphatic rings. The lowest BCUT2D eigenvalue weighted by Gasteiger charge is -2.17. The molecule has 0 spiro atoms. The number of aryl methyl sites for hydroxylation is 2. The number of carbonyl (C=O) groups is 3. The van der Waals surface area contributed by atoms with Crippen LogP contribution >= 0.6 is 0 Å². The molecule has 1 unspecified atom stereocenters. The van der Waals surface area contributed by atoms with Crippen LogP contribution < -0.4 is 4.90 Å². The molecule has 2 aromatic rings. The molecule has 0 aliphatic carbocycles. The number of amides is 1. The van der Waals surface area contributed by atoms with Crippen LogP contribution in [0.15, 0.2) is 48.5 Å². The molecule has 1 amide bonds. The predicted octanol–water partition coefficient (Wildman–Crippen LogP) is 3.34. The molecule has 1 saturated heterocycles. The Balaban J connectivity index is 1.56. The van der Waals surface area contributed by atoms with E-state index in [2.05, 4.69) is 6.92 Å². The Morgan fingerprint density at radius 2 is 1.74 bits per heavy atom. The van der Waals surface area contributed by atoms with E-state index >= 15 is 0 Å². The van der Waals surface area contributed by atoms with Crippen molar-refractivity contribution in [1.82, 2.24) is 0 Å². The van der Waals surface area contributed by atoms with E-state index in [-0.39, 0.29) is 31.3 Å². The maximum absolute atomic E-state index is 12.3. The number of ether oxygens (including phenoxy) is 1. The van der Waals surface area contributed by atoms with Crippen molar-refractivity contribution in [2.75, 3.05) is 18.1 Å². The summed E-state index contributed by atoms with van der Waals surface area (Å²) in [7, 11) is 0. The number of Topliss-reactive ketones (excluding diaryl/α,β-unsaturated/α-hetero) is 1. The van der Waals surface area contributed by atoms with Crippen molar-refractivity contribution in [2.45, 2.75) is 26.7 Å². The smallest absolute Gasteiger partial charge is 0.311 e. The molecule has 1 aliphatic heterocycles. The average molecular weight is 365 g/mol. The molecule has 0 radical (unpaired) electrons. The Hall–Kier alpha value is -2.95. The van der Waals surface area contributed by atoms with Gasteiger partial charge in [-0.1, -0.05) is 48.9 Å². The van der Waals surface area contributed by atoms with Gasteiger partial charge in [0, 0.05) is 24.2 Å². The van der Waals surface area contributed by atoms with E-state index in [0.717, 1.165) is 17.7 Å². The highest BCUT2D eigenvalue weighted by atomic mass is 16.5. The number of hydrogen-bond donors (Lipinski definition) is 0. The maximum atomic E-state index is 12.3. The second kappa shape index (κ2) is 8.16. The summed E-state index contributed by atoms with van der Waals surface area (Å²) >= 11 is 0. The number of nitrogens with zero attached hydrogens (tertiary/aromatic N) is 1. The zero-order chi connectivity index (χ0) is 19.4. The van der Waals surface area contributed by atoms with Gasteiger partial charge >= 0.3 is 5.97 Å². The Morgan fingerprint density at radius 3 is 2.37 bits per heavy atom. The fourth-order valence-electron chi connectivity index (χ4n) is 3.10. The van der Waals surface area contributed by atoms with Crippen LogP contribution in [-0.2, 0) is 20.7 Å². The number of carbonyl (C=O) groups excluding carboxylic acids is 3. The SMILES string of the molecule is CCc1ccc(N2CC(C(=O)OCC(=O)c3ccc(C)cc3)CC2=O)cc1. The van der Waals surface area contributed by atoms with Crippen LogP contribution in [0.2, 0.25) is 0 Å². The number of hydrogen-bond acceptors (Lipinski definition) is 4. The maximum Gasteiger partial charge on any atom is 0.311 e. The molecule has 5 nitrogen and oxygen atoms in total. The fraction of sp³-hybridized carbons (Fsp3) is 0.318. The van der Waals surface area contributed by atoms with Crippen LogP contribution in [0, 0.1) is 12.8 Å². The Bertz CT molecular complexity index is 840. The molecule has 3 rings (SSSR count). The zero-order valence-corrected chi connectivity index (χ0v) is 15.6. The van der Waals surface area contributed by atoms with Crippen LogP contribution in [0.5, 0.6) is 0 Å². The van der Waals surface area contributed by atoms with Crippen LogP contribution in [0.1, 0.15) is 34.8 Å². The first kappa shape index (κ1) is 18.8. The monoisotopic (exact) mass is 365 g/mol. The van der Waals surface area contributed by atoms with Crippen molar-refractivity contribution in [1.29, 1.82) is 0 Å². The van der Waals surface area contributed by atoms with Gasteiger partial charge in [-0.05, 0) is 31.0 Å². The van der Waals surface area contributed by atoms with Gasteiger partial charge in [0.25, 0.3) is 0 Å². The van der Waals surface area contributed by atoms with Gasteiger partial charge in [0.05, 0.1) is 5.92 Å². The van der Waals surface area contributed by atoms with Crippen molar-refractivity contribution < 1.29 is 19.1 Å². The summed E-state index contributed by atoms with van der Waals surface area (Å²) in [5, 5.41) is 0. The van der Waals surface area contributed by atoms with Gasteiger partial charge in [-0.15, -0.1) is 0 Å². The lowest BCUT2D eigenvalue weighted by molar-refractivity contribution is -0.147. The highest BCUT2D eigenvalue weighted by Crippen LogP contribution is 2.26. The predicted molar refractivity (Wildman–Crippen MR) is 103 cm³/mol. The number of anilines is 1. The Kier molecular flexibility index (Phi) is 5.69. The summed E-state index contributed by atoms with van der Waals surface area (Å²) < 4.78 is 5.17. The van der Waals surface area contributed by atoms with E-state index in [0.29, 0.717) is 5.56 Å². The summed E-state index contributed by atoms with van der Waals surface area (Å²) in [5.74, 6) is -1.41. The molecule has 1 fully saturated rings. The van der Waals surface area contributed by atoms with Gasteiger partial charge in [0.1, 0.15) is 0 Å². The lowest BCUT2D eigenvalue weighted by Crippen LogP contribution is -2.27. The average Bonchev–Trinajstić information content (AvgIpc) is 3.08. The van der Waals surface area contributed by atoms with Gasteiger partial charge in [-0.2, -0.15) is 0 Å². The second-order valence-corrected chi connectivity index (χ2v) is 6.82. The fourth-order valence-corrected chi connectivity index (χ4v) is 3.10. The van der Waals surface area contributed by atoms with Crippen LogP contribution in [0.25, 0.3) is 0 Å². The van der Waals surface area contributed by atoms with Crippen LogP contribution in [-0.4, -0.2) is 30.8 Å². The minimum atomic E-state index is -0.547. The molecular formula is C22H23NO4. The first-order valence-electron chi connectivity index (χ1n) is 9.13. The number of esters is 1. The molecule has 0 aromatic heterocycles. The van der Waals surface area contributed by atoms with E-state index in [1.807, 2.05) is 43.3 Å². The highest BCUT2D eigenvalue weighted by molar-refractivity contribution is 6.01. The first-order chi connectivity index (χ1) is 13.0. The minimum absolute atomic E-state index is 0.104. The Morgan fingerprint density at radius 1 is 1.07 bits per heavy atom. The van der Waals surface area contributed by atoms with Gasteiger partial charge in [0.15, 0.2) is 12.4 Å². The number of ketones is 1. The molecule has 0 N–H and O–H groups in total. The van der Waals surface area contributed by atoms with E-state index in [9.17, 15) is 14.4 Å². The molecule has 140 valence electrons. The minimum Gasteiger partial charge on any atom is -0.457 e. The standard InChI is InChI=1S/C22H23NO4/c1-3-16-6-10-19(11-7-16)23-13-18(12-21(23)25)22(26)27-14-20(24)17-8-4-15(2)5-9-17/h4-11,18H,3,12-14H2,1-2H3. The van der Waals surface area contributed by atoms with Crippen molar-refractivity contribution in [2.24, 2.45) is 5.92 Å². The largest absolute Gasteiger partial charge is 0.457 e. The third kappa shape index (κ3) is 4.42. The molecular weight excluding hydrogens is 342 g/mol. The van der Waals surface area contributed by atoms with Crippen molar-refractivity contribution in [3.05, 3.63) is 65.2 Å². The first-order valence-corrected chi connectivity index (χ1v) is 9.13. The number of rotatable bonds is 6. The van der Waals surface area contributed by atoms with Crippen molar-refractivity contribution in [3.63, 3.8) is 0 Å². The van der Waals surface area contributed by atoms with Crippen molar-refractivity contribution in [3.8, 4) is 0 Å². The van der Waals surface area contributed by atoms with E-state index in [1.54, 1.807) is 17.0 Å².